The first-order valence-corrected chi connectivity index (χ1v) is 12.2. The quantitative estimate of drug-likeness (QED) is 0.585. The van der Waals surface area contributed by atoms with Gasteiger partial charge in [-0.15, -0.1) is 11.3 Å². The fourth-order valence-corrected chi connectivity index (χ4v) is 7.45. The number of halogens is 3. The highest BCUT2D eigenvalue weighted by Crippen LogP contribution is 2.46. The first-order chi connectivity index (χ1) is 13.9. The lowest BCUT2D eigenvalue weighted by atomic mass is 10.2. The number of hydrogen-bond acceptors (Lipinski definition) is 5. The molecule has 2 aromatic rings. The van der Waals surface area contributed by atoms with E-state index in [1.54, 1.807) is 0 Å². The van der Waals surface area contributed by atoms with E-state index in [9.17, 15) is 9.59 Å². The molecule has 1 aliphatic carbocycles. The molecule has 1 aromatic carbocycles. The molecule has 5 nitrogen and oxygen atoms in total. The SMILES string of the molecule is O=C(CN1CCN(Cc2ccccc2Cl)CC1)NC1CC(=O)c2c(Br)sc(Br)c21. The number of benzene rings is 1. The summed E-state index contributed by atoms with van der Waals surface area (Å²) >= 11 is 14.7. The molecular formula is C20H20Br2ClN3O2S. The normalized spacial score (nSPS) is 20.1. The van der Waals surface area contributed by atoms with Gasteiger partial charge in [-0.3, -0.25) is 19.4 Å². The minimum absolute atomic E-state index is 0.0376. The summed E-state index contributed by atoms with van der Waals surface area (Å²) in [7, 11) is 0. The van der Waals surface area contributed by atoms with E-state index < -0.39 is 0 Å². The largest absolute Gasteiger partial charge is 0.348 e. The summed E-state index contributed by atoms with van der Waals surface area (Å²) in [5.41, 5.74) is 2.75. The summed E-state index contributed by atoms with van der Waals surface area (Å²) in [6.07, 6.45) is 0.326. The summed E-state index contributed by atoms with van der Waals surface area (Å²) in [6, 6.07) is 7.67. The van der Waals surface area contributed by atoms with Crippen molar-refractivity contribution in [3.63, 3.8) is 0 Å². The van der Waals surface area contributed by atoms with Crippen LogP contribution in [0.15, 0.2) is 31.8 Å². The summed E-state index contributed by atoms with van der Waals surface area (Å²) in [5.74, 6) is 0.0386. The van der Waals surface area contributed by atoms with Gasteiger partial charge in [-0.05, 0) is 43.5 Å². The fraction of sp³-hybridized carbons (Fsp3) is 0.400. The van der Waals surface area contributed by atoms with Gasteiger partial charge in [0.15, 0.2) is 5.78 Å². The monoisotopic (exact) mass is 559 g/mol. The number of carbonyl (C=O) groups is 2. The molecule has 2 heterocycles. The number of hydrogen-bond donors (Lipinski definition) is 1. The molecule has 29 heavy (non-hydrogen) atoms. The Bertz CT molecular complexity index is 944. The summed E-state index contributed by atoms with van der Waals surface area (Å²) in [6.45, 7) is 4.64. The highest BCUT2D eigenvalue weighted by atomic mass is 79.9. The molecule has 1 fully saturated rings. The van der Waals surface area contributed by atoms with Crippen molar-refractivity contribution in [3.05, 3.63) is 53.6 Å². The number of fused-ring (bicyclic) bond motifs is 1. The molecule has 1 unspecified atom stereocenters. The molecule has 0 saturated carbocycles. The predicted molar refractivity (Wildman–Crippen MR) is 123 cm³/mol. The number of nitrogens with one attached hydrogen (secondary N) is 1. The number of Topliss-reactive ketones (excluding diaryl/α,β-unsaturated/α-hetero) is 1. The number of rotatable bonds is 5. The minimum Gasteiger partial charge on any atom is -0.348 e. The van der Waals surface area contributed by atoms with E-state index in [1.807, 2.05) is 18.2 Å². The van der Waals surface area contributed by atoms with Crippen LogP contribution in [0.1, 0.15) is 33.9 Å². The van der Waals surface area contributed by atoms with E-state index in [0.29, 0.717) is 18.5 Å². The van der Waals surface area contributed by atoms with Crippen LogP contribution in [-0.2, 0) is 11.3 Å². The van der Waals surface area contributed by atoms with E-state index in [-0.39, 0.29) is 17.7 Å². The standard InChI is InChI=1S/C20H20Br2ClN3O2S/c21-19-17-14(9-15(27)18(17)20(22)29-19)24-16(28)11-26-7-5-25(6-8-26)10-12-3-1-2-4-13(12)23/h1-4,14H,5-11H2,(H,24,28). The first-order valence-electron chi connectivity index (χ1n) is 9.40. The zero-order valence-corrected chi connectivity index (χ0v) is 20.3. The zero-order chi connectivity index (χ0) is 20.5. The van der Waals surface area contributed by atoms with Gasteiger partial charge in [0.05, 0.1) is 20.2 Å². The van der Waals surface area contributed by atoms with Crippen LogP contribution in [-0.4, -0.2) is 54.2 Å². The number of carbonyl (C=O) groups excluding carboxylic acids is 2. The van der Waals surface area contributed by atoms with E-state index in [2.05, 4.69) is 53.0 Å². The van der Waals surface area contributed by atoms with E-state index in [4.69, 9.17) is 11.6 Å². The van der Waals surface area contributed by atoms with Crippen molar-refractivity contribution >= 4 is 66.5 Å². The van der Waals surface area contributed by atoms with Crippen molar-refractivity contribution in [2.24, 2.45) is 0 Å². The van der Waals surface area contributed by atoms with Crippen LogP contribution in [0.25, 0.3) is 0 Å². The van der Waals surface area contributed by atoms with Crippen molar-refractivity contribution < 1.29 is 9.59 Å². The molecule has 1 aliphatic heterocycles. The second-order valence-corrected chi connectivity index (χ2v) is 11.4. The van der Waals surface area contributed by atoms with E-state index >= 15 is 0 Å². The Labute approximate surface area is 195 Å². The number of thiophene rings is 1. The highest BCUT2D eigenvalue weighted by Gasteiger charge is 2.36. The molecule has 0 bridgehead atoms. The van der Waals surface area contributed by atoms with Crippen LogP contribution in [0, 0.1) is 0 Å². The molecule has 1 atom stereocenters. The van der Waals surface area contributed by atoms with E-state index in [0.717, 1.165) is 56.4 Å². The number of ketones is 1. The third-order valence-electron chi connectivity index (χ3n) is 5.39. The second kappa shape index (κ2) is 9.16. The van der Waals surface area contributed by atoms with Crippen molar-refractivity contribution in [1.29, 1.82) is 0 Å². The lowest BCUT2D eigenvalue weighted by Gasteiger charge is -2.34. The molecule has 1 amide bonds. The van der Waals surface area contributed by atoms with Gasteiger partial charge in [0, 0.05) is 55.3 Å². The molecule has 1 saturated heterocycles. The van der Waals surface area contributed by atoms with Crippen LogP contribution in [0.5, 0.6) is 0 Å². The maximum Gasteiger partial charge on any atom is 0.234 e. The average Bonchev–Trinajstić information content (AvgIpc) is 3.16. The fourth-order valence-electron chi connectivity index (χ4n) is 3.89. The first kappa shape index (κ1) is 21.5. The molecule has 0 radical (unpaired) electrons. The number of piperazine rings is 1. The smallest absolute Gasteiger partial charge is 0.234 e. The Morgan fingerprint density at radius 3 is 2.55 bits per heavy atom. The number of amides is 1. The van der Waals surface area contributed by atoms with Crippen LogP contribution >= 0.6 is 54.8 Å². The van der Waals surface area contributed by atoms with Gasteiger partial charge in [0.25, 0.3) is 0 Å². The van der Waals surface area contributed by atoms with Gasteiger partial charge in [0.1, 0.15) is 0 Å². The molecule has 9 heteroatoms. The highest BCUT2D eigenvalue weighted by molar-refractivity contribution is 9.12. The van der Waals surface area contributed by atoms with Gasteiger partial charge in [-0.2, -0.15) is 0 Å². The third kappa shape index (κ3) is 4.78. The van der Waals surface area contributed by atoms with Gasteiger partial charge < -0.3 is 5.32 Å². The summed E-state index contributed by atoms with van der Waals surface area (Å²) < 4.78 is 1.74. The Hall–Kier alpha value is -0.770. The van der Waals surface area contributed by atoms with Gasteiger partial charge in [0.2, 0.25) is 5.91 Å². The predicted octanol–water partition coefficient (Wildman–Crippen LogP) is 4.49. The molecule has 4 rings (SSSR count). The van der Waals surface area contributed by atoms with Crippen LogP contribution in [0.3, 0.4) is 0 Å². The van der Waals surface area contributed by atoms with Gasteiger partial charge in [-0.1, -0.05) is 29.8 Å². The van der Waals surface area contributed by atoms with Crippen molar-refractivity contribution in [1.82, 2.24) is 15.1 Å². The van der Waals surface area contributed by atoms with Crippen molar-refractivity contribution in [2.75, 3.05) is 32.7 Å². The number of nitrogens with zero attached hydrogens (tertiary/aromatic N) is 2. The Balaban J connectivity index is 1.28. The Morgan fingerprint density at radius 2 is 1.83 bits per heavy atom. The summed E-state index contributed by atoms with van der Waals surface area (Å²) in [4.78, 5) is 29.4. The molecule has 1 aromatic heterocycles. The van der Waals surface area contributed by atoms with Crippen molar-refractivity contribution in [2.45, 2.75) is 19.0 Å². The summed E-state index contributed by atoms with van der Waals surface area (Å²) in [5, 5.41) is 3.85. The molecule has 1 N–H and O–H groups in total. The second-order valence-electron chi connectivity index (χ2n) is 7.33. The molecular weight excluding hydrogens is 542 g/mol. The van der Waals surface area contributed by atoms with Gasteiger partial charge in [-0.25, -0.2) is 0 Å². The molecule has 0 spiro atoms. The Morgan fingerprint density at radius 1 is 1.14 bits per heavy atom. The maximum atomic E-state index is 12.6. The minimum atomic E-state index is -0.247. The van der Waals surface area contributed by atoms with E-state index in [1.165, 1.54) is 11.3 Å². The van der Waals surface area contributed by atoms with Crippen LogP contribution in [0.2, 0.25) is 5.02 Å². The van der Waals surface area contributed by atoms with Crippen LogP contribution in [0.4, 0.5) is 0 Å². The van der Waals surface area contributed by atoms with Gasteiger partial charge >= 0.3 is 0 Å². The topological polar surface area (TPSA) is 52.7 Å². The third-order valence-corrected chi connectivity index (χ3v) is 8.34. The van der Waals surface area contributed by atoms with Crippen molar-refractivity contribution in [3.8, 4) is 0 Å². The zero-order valence-electron chi connectivity index (χ0n) is 15.6. The van der Waals surface area contributed by atoms with Crippen LogP contribution < -0.4 is 5.32 Å². The lowest BCUT2D eigenvalue weighted by molar-refractivity contribution is -0.123. The molecule has 2 aliphatic rings. The maximum absolute atomic E-state index is 12.6. The lowest BCUT2D eigenvalue weighted by Crippen LogP contribution is -2.49. The average molecular weight is 562 g/mol. The molecule has 154 valence electrons. The Kier molecular flexibility index (Phi) is 6.78.